The molecule has 2 aromatic rings. The summed E-state index contributed by atoms with van der Waals surface area (Å²) >= 11 is 1.47. The number of fused-ring (bicyclic) bond motifs is 1. The normalized spacial score (nSPS) is 16.9. The summed E-state index contributed by atoms with van der Waals surface area (Å²) in [6.07, 6.45) is 6.10. The Kier molecular flexibility index (Phi) is 12.3. The Hall–Kier alpha value is -3.78. The predicted molar refractivity (Wildman–Crippen MR) is 159 cm³/mol. The van der Waals surface area contributed by atoms with E-state index in [9.17, 15) is 24.3 Å². The third kappa shape index (κ3) is 9.67. The third-order valence-electron chi connectivity index (χ3n) is 6.91. The van der Waals surface area contributed by atoms with Crippen molar-refractivity contribution >= 4 is 52.3 Å². The molecule has 0 bridgehead atoms. The number of carboxylic acid groups (broad SMARTS) is 1. The Morgan fingerprint density at radius 2 is 1.80 bits per heavy atom. The summed E-state index contributed by atoms with van der Waals surface area (Å²) in [7, 11) is 0. The number of H-pyrrole nitrogens is 1. The first-order valence-corrected chi connectivity index (χ1v) is 15.1. The van der Waals surface area contributed by atoms with Gasteiger partial charge in [0.05, 0.1) is 6.04 Å². The number of benzene rings is 1. The van der Waals surface area contributed by atoms with E-state index < -0.39 is 42.0 Å². The fourth-order valence-electron chi connectivity index (χ4n) is 4.72. The number of nitrogens with zero attached hydrogens (tertiary/aromatic N) is 1. The molecule has 1 aromatic carbocycles. The van der Waals surface area contributed by atoms with Gasteiger partial charge in [-0.3, -0.25) is 19.4 Å². The topological polar surface area (TPSA) is 217 Å². The molecule has 224 valence electrons. The second-order valence-electron chi connectivity index (χ2n) is 9.96. The lowest BCUT2D eigenvalue weighted by atomic mass is 10.0. The SMILES string of the molecule is CSCCC(NC(=O)C(Cc1c[nH]c2ccccc12)NC(=O)C(CCCN=C(N)N)NC(=O)C1CCCN1)C(=O)O. The van der Waals surface area contributed by atoms with Gasteiger partial charge in [0.1, 0.15) is 18.1 Å². The minimum atomic E-state index is -1.15. The van der Waals surface area contributed by atoms with Crippen molar-refractivity contribution in [2.24, 2.45) is 16.5 Å². The number of carboxylic acids is 1. The first kappa shape index (κ1) is 31.7. The van der Waals surface area contributed by atoms with E-state index in [1.807, 2.05) is 30.5 Å². The zero-order valence-electron chi connectivity index (χ0n) is 23.2. The molecule has 4 atom stereocenters. The molecule has 3 amide bonds. The van der Waals surface area contributed by atoms with Gasteiger partial charge in [0.15, 0.2) is 5.96 Å². The monoisotopic (exact) mass is 588 g/mol. The van der Waals surface area contributed by atoms with Gasteiger partial charge in [0.25, 0.3) is 0 Å². The summed E-state index contributed by atoms with van der Waals surface area (Å²) in [6.45, 7) is 0.978. The molecule has 1 aliphatic heterocycles. The molecule has 4 unspecified atom stereocenters. The number of carbonyl (C=O) groups excluding carboxylic acids is 3. The smallest absolute Gasteiger partial charge is 0.326 e. The summed E-state index contributed by atoms with van der Waals surface area (Å²) in [5.41, 5.74) is 12.5. The summed E-state index contributed by atoms with van der Waals surface area (Å²) in [5.74, 6) is -2.17. The third-order valence-corrected chi connectivity index (χ3v) is 7.56. The molecule has 13 nitrogen and oxygen atoms in total. The van der Waals surface area contributed by atoms with Gasteiger partial charge in [0, 0.05) is 30.1 Å². The van der Waals surface area contributed by atoms with E-state index in [1.54, 1.807) is 6.20 Å². The van der Waals surface area contributed by atoms with Gasteiger partial charge in [-0.15, -0.1) is 0 Å². The fourth-order valence-corrected chi connectivity index (χ4v) is 5.19. The van der Waals surface area contributed by atoms with Crippen LogP contribution in [-0.2, 0) is 25.6 Å². The number of nitrogens with two attached hydrogens (primary N) is 2. The molecule has 0 spiro atoms. The van der Waals surface area contributed by atoms with Crippen molar-refractivity contribution < 1.29 is 24.3 Å². The lowest BCUT2D eigenvalue weighted by molar-refractivity contribution is -0.142. The molecule has 0 radical (unpaired) electrons. The molecule has 10 N–H and O–H groups in total. The van der Waals surface area contributed by atoms with Crippen LogP contribution in [0.2, 0.25) is 0 Å². The molecule has 1 aliphatic rings. The Morgan fingerprint density at radius 1 is 1.07 bits per heavy atom. The van der Waals surface area contributed by atoms with E-state index in [2.05, 4.69) is 31.2 Å². The van der Waals surface area contributed by atoms with Crippen LogP contribution in [0, 0.1) is 0 Å². The second-order valence-corrected chi connectivity index (χ2v) is 11.0. The van der Waals surface area contributed by atoms with Crippen LogP contribution in [0.4, 0.5) is 0 Å². The summed E-state index contributed by atoms with van der Waals surface area (Å²) < 4.78 is 0. The molecule has 0 aliphatic carbocycles. The Morgan fingerprint density at radius 3 is 2.49 bits per heavy atom. The zero-order valence-corrected chi connectivity index (χ0v) is 24.0. The Labute approximate surface area is 243 Å². The minimum Gasteiger partial charge on any atom is -0.480 e. The average molecular weight is 589 g/mol. The second kappa shape index (κ2) is 15.9. The van der Waals surface area contributed by atoms with Gasteiger partial charge in [-0.1, -0.05) is 18.2 Å². The number of amides is 3. The van der Waals surface area contributed by atoms with Crippen molar-refractivity contribution in [1.29, 1.82) is 0 Å². The molecule has 0 saturated carbocycles. The van der Waals surface area contributed by atoms with Gasteiger partial charge in [-0.05, 0) is 62.3 Å². The number of aliphatic carboxylic acids is 1. The highest BCUT2D eigenvalue weighted by atomic mass is 32.2. The van der Waals surface area contributed by atoms with Crippen LogP contribution in [0.3, 0.4) is 0 Å². The van der Waals surface area contributed by atoms with Crippen LogP contribution in [0.5, 0.6) is 0 Å². The number of aromatic amines is 1. The van der Waals surface area contributed by atoms with Crippen LogP contribution in [0.15, 0.2) is 35.5 Å². The standard InChI is InChI=1S/C27H40N8O5S/c1-41-13-10-21(26(39)40)34-25(38)22(14-16-15-32-18-7-3-2-6-17(16)18)35-24(37)20(9-5-12-31-27(28)29)33-23(36)19-8-4-11-30-19/h2-3,6-7,15,19-22,30,32H,4-5,8-14H2,1H3,(H,33,36)(H,34,38)(H,35,37)(H,39,40)(H4,28,29,31). The van der Waals surface area contributed by atoms with Gasteiger partial charge in [0.2, 0.25) is 17.7 Å². The average Bonchev–Trinajstić information content (AvgIpc) is 3.62. The highest BCUT2D eigenvalue weighted by Crippen LogP contribution is 2.19. The fraction of sp³-hybridized carbons (Fsp3) is 0.519. The summed E-state index contributed by atoms with van der Waals surface area (Å²) in [4.78, 5) is 58.8. The molecule has 2 heterocycles. The lowest BCUT2D eigenvalue weighted by Crippen LogP contribution is -2.57. The molecule has 14 heteroatoms. The zero-order chi connectivity index (χ0) is 29.8. The maximum Gasteiger partial charge on any atom is 0.326 e. The summed E-state index contributed by atoms with van der Waals surface area (Å²) in [6, 6.07) is 3.99. The molecule has 1 fully saturated rings. The van der Waals surface area contributed by atoms with Crippen molar-refractivity contribution in [3.63, 3.8) is 0 Å². The van der Waals surface area contributed by atoms with Crippen molar-refractivity contribution in [3.8, 4) is 0 Å². The first-order valence-electron chi connectivity index (χ1n) is 13.7. The number of aliphatic imine (C=N–C) groups is 1. The van der Waals surface area contributed by atoms with Crippen molar-refractivity contribution in [3.05, 3.63) is 36.0 Å². The van der Waals surface area contributed by atoms with Crippen molar-refractivity contribution in [2.45, 2.75) is 62.7 Å². The van der Waals surface area contributed by atoms with E-state index in [-0.39, 0.29) is 37.7 Å². The molecular weight excluding hydrogens is 548 g/mol. The Balaban J connectivity index is 1.82. The number of hydrogen-bond acceptors (Lipinski definition) is 7. The quantitative estimate of drug-likeness (QED) is 0.0739. The van der Waals surface area contributed by atoms with Crippen LogP contribution in [0.1, 0.15) is 37.7 Å². The lowest BCUT2D eigenvalue weighted by Gasteiger charge is -2.25. The van der Waals surface area contributed by atoms with Gasteiger partial charge >= 0.3 is 5.97 Å². The number of guanidine groups is 1. The number of hydrogen-bond donors (Lipinski definition) is 8. The van der Waals surface area contributed by atoms with E-state index in [0.29, 0.717) is 25.1 Å². The molecular formula is C27H40N8O5S. The van der Waals surface area contributed by atoms with E-state index >= 15 is 0 Å². The van der Waals surface area contributed by atoms with E-state index in [1.165, 1.54) is 11.8 Å². The molecule has 1 aromatic heterocycles. The number of carbonyl (C=O) groups is 4. The van der Waals surface area contributed by atoms with Crippen LogP contribution in [0.25, 0.3) is 10.9 Å². The number of para-hydroxylation sites is 1. The highest BCUT2D eigenvalue weighted by Gasteiger charge is 2.31. The van der Waals surface area contributed by atoms with E-state index in [4.69, 9.17) is 11.5 Å². The van der Waals surface area contributed by atoms with Gasteiger partial charge < -0.3 is 42.8 Å². The van der Waals surface area contributed by atoms with Gasteiger partial charge in [-0.25, -0.2) is 4.79 Å². The van der Waals surface area contributed by atoms with Gasteiger partial charge in [-0.2, -0.15) is 11.8 Å². The van der Waals surface area contributed by atoms with E-state index in [0.717, 1.165) is 22.9 Å². The molecule has 41 heavy (non-hydrogen) atoms. The Bertz CT molecular complexity index is 1230. The van der Waals surface area contributed by atoms with Crippen LogP contribution in [-0.4, -0.2) is 89.0 Å². The first-order chi connectivity index (χ1) is 19.7. The molecule has 1 saturated heterocycles. The largest absolute Gasteiger partial charge is 0.480 e. The van der Waals surface area contributed by atoms with Crippen molar-refractivity contribution in [2.75, 3.05) is 25.1 Å². The highest BCUT2D eigenvalue weighted by molar-refractivity contribution is 7.98. The van der Waals surface area contributed by atoms with Crippen LogP contribution < -0.4 is 32.7 Å². The number of aromatic nitrogens is 1. The maximum absolute atomic E-state index is 13.6. The minimum absolute atomic E-state index is 0.0740. The van der Waals surface area contributed by atoms with Crippen molar-refractivity contribution in [1.82, 2.24) is 26.3 Å². The number of nitrogens with one attached hydrogen (secondary N) is 5. The number of rotatable bonds is 16. The maximum atomic E-state index is 13.6. The summed E-state index contributed by atoms with van der Waals surface area (Å²) in [5, 5.41) is 21.8. The molecule has 3 rings (SSSR count). The van der Waals surface area contributed by atoms with Crippen LogP contribution >= 0.6 is 11.8 Å². The predicted octanol–water partition coefficient (Wildman–Crippen LogP) is -0.192. The number of thioether (sulfide) groups is 1.